The molecule has 4 rings (SSSR count). The van der Waals surface area contributed by atoms with Gasteiger partial charge < -0.3 is 9.73 Å². The average Bonchev–Trinajstić information content (AvgIpc) is 2.68. The molecule has 6 atom stereocenters. The van der Waals surface area contributed by atoms with Crippen molar-refractivity contribution in [3.8, 4) is 0 Å². The Hall–Kier alpha value is -1.58. The Morgan fingerprint density at radius 3 is 2.67 bits per heavy atom. The third-order valence-electron chi connectivity index (χ3n) is 6.93. The van der Waals surface area contributed by atoms with E-state index in [0.717, 1.165) is 23.7 Å². The van der Waals surface area contributed by atoms with Gasteiger partial charge in [0, 0.05) is 12.1 Å². The van der Waals surface area contributed by atoms with Crippen LogP contribution >= 0.6 is 0 Å². The number of carbonyl (C=O) groups is 1. The van der Waals surface area contributed by atoms with Crippen molar-refractivity contribution < 1.29 is 9.21 Å². The molecule has 1 amide bonds. The lowest BCUT2D eigenvalue weighted by Crippen LogP contribution is -2.48. The first-order valence-corrected chi connectivity index (χ1v) is 9.36. The molecule has 0 saturated heterocycles. The summed E-state index contributed by atoms with van der Waals surface area (Å²) < 4.78 is 5.12. The van der Waals surface area contributed by atoms with Crippen molar-refractivity contribution in [2.75, 3.05) is 0 Å². The lowest BCUT2D eigenvalue weighted by molar-refractivity contribution is 0.0518. The number of rotatable bonds is 3. The highest BCUT2D eigenvalue weighted by molar-refractivity contribution is 5.96. The van der Waals surface area contributed by atoms with E-state index in [1.54, 1.807) is 13.8 Å². The molecule has 0 radical (unpaired) electrons. The van der Waals surface area contributed by atoms with Crippen LogP contribution in [0.2, 0.25) is 0 Å². The molecule has 0 aliphatic heterocycles. The molecule has 130 valence electrons. The zero-order chi connectivity index (χ0) is 17.0. The van der Waals surface area contributed by atoms with Crippen LogP contribution in [-0.2, 0) is 0 Å². The van der Waals surface area contributed by atoms with E-state index in [1.807, 2.05) is 0 Å². The van der Waals surface area contributed by atoms with Crippen molar-refractivity contribution in [3.63, 3.8) is 0 Å². The van der Waals surface area contributed by atoms with Crippen LogP contribution in [0.3, 0.4) is 0 Å². The molecule has 0 unspecified atom stereocenters. The Bertz CT molecular complexity index is 696. The minimum atomic E-state index is -0.392. The number of fused-ring (bicyclic) bond motifs is 2. The standard InChI is InChI=1S/C20H27NO3/c1-10-6-17(22)24-12(3)18(10)20(23)21-11(2)19-15-5-4-14-7-13(8-15)9-16(14)19/h6,11,13-16,19H,4-5,7-9H2,1-3H3,(H,21,23)/t11-,13+,14+,15-,16-,19+/m0/s1. The summed E-state index contributed by atoms with van der Waals surface area (Å²) in [6, 6.07) is 1.58. The number of aryl methyl sites for hydroxylation is 2. The van der Waals surface area contributed by atoms with Gasteiger partial charge in [-0.3, -0.25) is 4.79 Å². The molecule has 3 saturated carbocycles. The van der Waals surface area contributed by atoms with E-state index in [4.69, 9.17) is 4.42 Å². The third-order valence-corrected chi connectivity index (χ3v) is 6.93. The third kappa shape index (κ3) is 2.51. The molecule has 0 spiro atoms. The number of nitrogens with one attached hydrogen (secondary N) is 1. The SMILES string of the molecule is Cc1cc(=O)oc(C)c1C(=O)N[C@@H](C)[C@@H]1[C@H]2CC[C@@H]3C[C@H](C2)C[C@@H]31. The molecule has 1 aromatic heterocycles. The molecule has 3 fully saturated rings. The topological polar surface area (TPSA) is 59.3 Å². The van der Waals surface area contributed by atoms with Crippen LogP contribution in [0.1, 0.15) is 60.7 Å². The predicted molar refractivity (Wildman–Crippen MR) is 91.9 cm³/mol. The van der Waals surface area contributed by atoms with Gasteiger partial charge >= 0.3 is 5.63 Å². The van der Waals surface area contributed by atoms with Crippen molar-refractivity contribution in [3.05, 3.63) is 33.4 Å². The Morgan fingerprint density at radius 1 is 1.21 bits per heavy atom. The maximum absolute atomic E-state index is 12.8. The van der Waals surface area contributed by atoms with E-state index in [0.29, 0.717) is 22.8 Å². The maximum Gasteiger partial charge on any atom is 0.336 e. The second kappa shape index (κ2) is 5.75. The van der Waals surface area contributed by atoms with Gasteiger partial charge in [-0.05, 0) is 88.0 Å². The van der Waals surface area contributed by atoms with Gasteiger partial charge in [0.05, 0.1) is 5.56 Å². The molecule has 24 heavy (non-hydrogen) atoms. The maximum atomic E-state index is 12.8. The van der Waals surface area contributed by atoms with Crippen LogP contribution < -0.4 is 10.9 Å². The summed E-state index contributed by atoms with van der Waals surface area (Å²) >= 11 is 0. The molecule has 4 heteroatoms. The largest absolute Gasteiger partial charge is 0.427 e. The summed E-state index contributed by atoms with van der Waals surface area (Å²) in [5.74, 6) is 4.33. The minimum absolute atomic E-state index is 0.0998. The zero-order valence-corrected chi connectivity index (χ0v) is 14.8. The molecule has 1 heterocycles. The summed E-state index contributed by atoms with van der Waals surface area (Å²) in [5, 5.41) is 3.23. The summed E-state index contributed by atoms with van der Waals surface area (Å²) in [6.45, 7) is 5.66. The van der Waals surface area contributed by atoms with Crippen LogP contribution in [0.4, 0.5) is 0 Å². The first kappa shape index (κ1) is 15.9. The van der Waals surface area contributed by atoms with Gasteiger partial charge in [0.1, 0.15) is 5.76 Å². The van der Waals surface area contributed by atoms with E-state index in [1.165, 1.54) is 38.2 Å². The number of amides is 1. The fraction of sp³-hybridized carbons (Fsp3) is 0.700. The second-order valence-electron chi connectivity index (χ2n) is 8.35. The molecule has 3 aliphatic rings. The van der Waals surface area contributed by atoms with Gasteiger partial charge in [-0.25, -0.2) is 4.79 Å². The van der Waals surface area contributed by atoms with Crippen LogP contribution in [0.15, 0.2) is 15.3 Å². The monoisotopic (exact) mass is 329 g/mol. The highest BCUT2D eigenvalue weighted by Crippen LogP contribution is 2.58. The van der Waals surface area contributed by atoms with E-state index in [-0.39, 0.29) is 11.9 Å². The van der Waals surface area contributed by atoms with E-state index in [2.05, 4.69) is 12.2 Å². The Morgan fingerprint density at radius 2 is 1.92 bits per heavy atom. The Kier molecular flexibility index (Phi) is 3.81. The fourth-order valence-corrected chi connectivity index (χ4v) is 6.20. The van der Waals surface area contributed by atoms with Gasteiger partial charge in [-0.1, -0.05) is 0 Å². The molecule has 3 bridgehead atoms. The van der Waals surface area contributed by atoms with Crippen molar-refractivity contribution in [2.24, 2.45) is 29.6 Å². The first-order chi connectivity index (χ1) is 11.4. The molecule has 1 aromatic rings. The average molecular weight is 329 g/mol. The quantitative estimate of drug-likeness (QED) is 0.924. The fourth-order valence-electron chi connectivity index (χ4n) is 6.20. The van der Waals surface area contributed by atoms with Crippen LogP contribution in [0.25, 0.3) is 0 Å². The van der Waals surface area contributed by atoms with Gasteiger partial charge in [0.2, 0.25) is 0 Å². The summed E-state index contributed by atoms with van der Waals surface area (Å²) in [6.07, 6.45) is 6.87. The zero-order valence-electron chi connectivity index (χ0n) is 14.8. The summed E-state index contributed by atoms with van der Waals surface area (Å²) in [5.41, 5.74) is 0.822. The lowest BCUT2D eigenvalue weighted by atomic mass is 9.62. The van der Waals surface area contributed by atoms with E-state index in [9.17, 15) is 9.59 Å². The smallest absolute Gasteiger partial charge is 0.336 e. The van der Waals surface area contributed by atoms with Gasteiger partial charge in [0.25, 0.3) is 5.91 Å². The predicted octanol–water partition coefficient (Wildman–Crippen LogP) is 3.45. The van der Waals surface area contributed by atoms with Crippen molar-refractivity contribution in [1.29, 1.82) is 0 Å². The minimum Gasteiger partial charge on any atom is -0.427 e. The number of hydrogen-bond acceptors (Lipinski definition) is 3. The molecule has 3 aliphatic carbocycles. The number of carbonyl (C=O) groups excluding carboxylic acids is 1. The molecular formula is C20H27NO3. The van der Waals surface area contributed by atoms with Crippen molar-refractivity contribution in [1.82, 2.24) is 5.32 Å². The molecule has 1 N–H and O–H groups in total. The highest BCUT2D eigenvalue weighted by Gasteiger charge is 2.51. The van der Waals surface area contributed by atoms with Gasteiger partial charge in [-0.2, -0.15) is 0 Å². The van der Waals surface area contributed by atoms with Gasteiger partial charge in [-0.15, -0.1) is 0 Å². The normalized spacial score (nSPS) is 35.0. The highest BCUT2D eigenvalue weighted by atomic mass is 16.4. The van der Waals surface area contributed by atoms with E-state index < -0.39 is 5.63 Å². The van der Waals surface area contributed by atoms with Crippen LogP contribution in [0.5, 0.6) is 0 Å². The second-order valence-corrected chi connectivity index (χ2v) is 8.35. The summed E-state index contributed by atoms with van der Waals surface area (Å²) in [7, 11) is 0. The first-order valence-electron chi connectivity index (χ1n) is 9.36. The molecule has 0 aromatic carbocycles. The Labute approximate surface area is 143 Å². The summed E-state index contributed by atoms with van der Waals surface area (Å²) in [4.78, 5) is 24.2. The Balaban J connectivity index is 1.53. The van der Waals surface area contributed by atoms with E-state index >= 15 is 0 Å². The number of hydrogen-bond donors (Lipinski definition) is 1. The lowest BCUT2D eigenvalue weighted by Gasteiger charge is -2.45. The van der Waals surface area contributed by atoms with Crippen molar-refractivity contribution in [2.45, 2.75) is 58.9 Å². The van der Waals surface area contributed by atoms with Crippen LogP contribution in [-0.4, -0.2) is 11.9 Å². The molecular weight excluding hydrogens is 302 g/mol. The van der Waals surface area contributed by atoms with Crippen molar-refractivity contribution >= 4 is 5.91 Å². The van der Waals surface area contributed by atoms with Crippen LogP contribution in [0, 0.1) is 43.4 Å². The molecule has 4 nitrogen and oxygen atoms in total. The van der Waals surface area contributed by atoms with Gasteiger partial charge in [0.15, 0.2) is 0 Å².